The molecule has 1 aromatic carbocycles. The monoisotopic (exact) mass is 230 g/mol. The van der Waals surface area contributed by atoms with Crippen molar-refractivity contribution >= 4 is 11.6 Å². The summed E-state index contributed by atoms with van der Waals surface area (Å²) >= 11 is 0. The molecule has 0 atom stereocenters. The summed E-state index contributed by atoms with van der Waals surface area (Å²) in [4.78, 5) is 14.9. The lowest BCUT2D eigenvalue weighted by molar-refractivity contribution is 0.102. The Bertz CT molecular complexity index is 514. The molecule has 88 valence electrons. The van der Waals surface area contributed by atoms with Crippen LogP contribution >= 0.6 is 0 Å². The summed E-state index contributed by atoms with van der Waals surface area (Å²) in [6.45, 7) is 1.86. The quantitative estimate of drug-likeness (QED) is 0.851. The number of nitrogens with one attached hydrogen (secondary N) is 2. The van der Waals surface area contributed by atoms with Crippen LogP contribution in [0.3, 0.4) is 0 Å². The van der Waals surface area contributed by atoms with Crippen LogP contribution in [0.15, 0.2) is 36.5 Å². The molecule has 4 heteroatoms. The zero-order chi connectivity index (χ0) is 12.3. The Morgan fingerprint density at radius 1 is 1.24 bits per heavy atom. The molecular formula is C13H14N2O2. The number of aryl methyl sites for hydroxylation is 1. The van der Waals surface area contributed by atoms with Crippen molar-refractivity contribution in [2.75, 3.05) is 12.4 Å². The van der Waals surface area contributed by atoms with Gasteiger partial charge in [-0.05, 0) is 37.3 Å². The van der Waals surface area contributed by atoms with Crippen molar-refractivity contribution in [1.29, 1.82) is 0 Å². The lowest BCUT2D eigenvalue weighted by Crippen LogP contribution is -2.12. The van der Waals surface area contributed by atoms with E-state index in [9.17, 15) is 4.79 Å². The normalized spacial score (nSPS) is 10.0. The third-order valence-corrected chi connectivity index (χ3v) is 2.55. The number of rotatable bonds is 3. The molecule has 2 rings (SSSR count). The number of hydrogen-bond donors (Lipinski definition) is 2. The highest BCUT2D eigenvalue weighted by atomic mass is 16.5. The first-order valence-corrected chi connectivity index (χ1v) is 5.30. The van der Waals surface area contributed by atoms with Gasteiger partial charge >= 0.3 is 0 Å². The van der Waals surface area contributed by atoms with Gasteiger partial charge in [-0.3, -0.25) is 4.79 Å². The van der Waals surface area contributed by atoms with E-state index in [0.29, 0.717) is 5.56 Å². The Morgan fingerprint density at radius 3 is 2.47 bits per heavy atom. The van der Waals surface area contributed by atoms with E-state index in [1.54, 1.807) is 43.6 Å². The highest BCUT2D eigenvalue weighted by Crippen LogP contribution is 2.16. The Hall–Kier alpha value is -2.23. The Morgan fingerprint density at radius 2 is 1.94 bits per heavy atom. The first-order chi connectivity index (χ1) is 8.20. The van der Waals surface area contributed by atoms with Gasteiger partial charge in [0.05, 0.1) is 12.7 Å². The van der Waals surface area contributed by atoms with Crippen molar-refractivity contribution in [3.8, 4) is 5.75 Å². The van der Waals surface area contributed by atoms with Crippen molar-refractivity contribution < 1.29 is 9.53 Å². The second kappa shape index (κ2) is 4.74. The summed E-state index contributed by atoms with van der Waals surface area (Å²) in [6, 6.07) is 8.98. The molecule has 0 aliphatic rings. The standard InChI is InChI=1S/C13H14N2O2/c1-9-12(7-8-14-9)13(16)15-10-3-5-11(17-2)6-4-10/h3-8,14H,1-2H3,(H,15,16). The van der Waals surface area contributed by atoms with Crippen LogP contribution in [0.5, 0.6) is 5.75 Å². The zero-order valence-corrected chi connectivity index (χ0v) is 9.78. The number of amides is 1. The van der Waals surface area contributed by atoms with Crippen LogP contribution in [-0.4, -0.2) is 18.0 Å². The smallest absolute Gasteiger partial charge is 0.257 e. The summed E-state index contributed by atoms with van der Waals surface area (Å²) in [7, 11) is 1.61. The molecule has 1 aromatic heterocycles. The molecule has 2 N–H and O–H groups in total. The molecule has 0 radical (unpaired) electrons. The number of anilines is 1. The number of benzene rings is 1. The minimum Gasteiger partial charge on any atom is -0.497 e. The third-order valence-electron chi connectivity index (χ3n) is 2.55. The van der Waals surface area contributed by atoms with E-state index < -0.39 is 0 Å². The molecule has 0 aliphatic heterocycles. The Labute approximate surface area is 99.6 Å². The maximum Gasteiger partial charge on any atom is 0.257 e. The maximum atomic E-state index is 11.9. The highest BCUT2D eigenvalue weighted by molar-refractivity contribution is 6.05. The van der Waals surface area contributed by atoms with E-state index in [4.69, 9.17) is 4.74 Å². The molecule has 0 bridgehead atoms. The molecule has 0 fully saturated rings. The summed E-state index contributed by atoms with van der Waals surface area (Å²) in [6.07, 6.45) is 1.75. The van der Waals surface area contributed by atoms with E-state index in [0.717, 1.165) is 17.1 Å². The second-order valence-electron chi connectivity index (χ2n) is 3.70. The zero-order valence-electron chi connectivity index (χ0n) is 9.78. The van der Waals surface area contributed by atoms with E-state index >= 15 is 0 Å². The second-order valence-corrected chi connectivity index (χ2v) is 3.70. The minimum absolute atomic E-state index is 0.117. The molecular weight excluding hydrogens is 216 g/mol. The average Bonchev–Trinajstić information content (AvgIpc) is 2.76. The maximum absolute atomic E-state index is 11.9. The number of carbonyl (C=O) groups is 1. The highest BCUT2D eigenvalue weighted by Gasteiger charge is 2.09. The lowest BCUT2D eigenvalue weighted by atomic mass is 10.2. The molecule has 0 saturated carbocycles. The van der Waals surface area contributed by atoms with Crippen molar-refractivity contribution in [3.63, 3.8) is 0 Å². The summed E-state index contributed by atoms with van der Waals surface area (Å²) < 4.78 is 5.05. The van der Waals surface area contributed by atoms with Crippen LogP contribution in [-0.2, 0) is 0 Å². The number of methoxy groups -OCH3 is 1. The SMILES string of the molecule is COc1ccc(NC(=O)c2cc[nH]c2C)cc1. The Kier molecular flexibility index (Phi) is 3.14. The predicted octanol–water partition coefficient (Wildman–Crippen LogP) is 2.58. The number of aromatic nitrogens is 1. The van der Waals surface area contributed by atoms with Gasteiger partial charge in [0.15, 0.2) is 0 Å². The molecule has 17 heavy (non-hydrogen) atoms. The van der Waals surface area contributed by atoms with Gasteiger partial charge < -0.3 is 15.0 Å². The van der Waals surface area contributed by atoms with Crippen LogP contribution in [0.2, 0.25) is 0 Å². The fraction of sp³-hybridized carbons (Fsp3) is 0.154. The molecule has 0 saturated heterocycles. The average molecular weight is 230 g/mol. The lowest BCUT2D eigenvalue weighted by Gasteiger charge is -2.05. The van der Waals surface area contributed by atoms with Crippen molar-refractivity contribution in [1.82, 2.24) is 4.98 Å². The molecule has 4 nitrogen and oxygen atoms in total. The van der Waals surface area contributed by atoms with Crippen LogP contribution < -0.4 is 10.1 Å². The van der Waals surface area contributed by atoms with Gasteiger partial charge in [-0.15, -0.1) is 0 Å². The Balaban J connectivity index is 2.10. The molecule has 0 spiro atoms. The number of ether oxygens (including phenoxy) is 1. The number of hydrogen-bond acceptors (Lipinski definition) is 2. The van der Waals surface area contributed by atoms with Gasteiger partial charge in [0.25, 0.3) is 5.91 Å². The van der Waals surface area contributed by atoms with Gasteiger partial charge in [-0.1, -0.05) is 0 Å². The largest absolute Gasteiger partial charge is 0.497 e. The van der Waals surface area contributed by atoms with E-state index in [-0.39, 0.29) is 5.91 Å². The van der Waals surface area contributed by atoms with Crippen molar-refractivity contribution in [3.05, 3.63) is 47.8 Å². The number of H-pyrrole nitrogens is 1. The van der Waals surface area contributed by atoms with Crippen molar-refractivity contribution in [2.45, 2.75) is 6.92 Å². The number of aromatic amines is 1. The van der Waals surface area contributed by atoms with E-state index in [1.807, 2.05) is 6.92 Å². The van der Waals surface area contributed by atoms with E-state index in [1.165, 1.54) is 0 Å². The van der Waals surface area contributed by atoms with Crippen LogP contribution in [0, 0.1) is 6.92 Å². The molecule has 1 heterocycles. The van der Waals surface area contributed by atoms with Crippen molar-refractivity contribution in [2.24, 2.45) is 0 Å². The molecule has 1 amide bonds. The molecule has 0 aliphatic carbocycles. The van der Waals surface area contributed by atoms with Crippen LogP contribution in [0.4, 0.5) is 5.69 Å². The fourth-order valence-electron chi connectivity index (χ4n) is 1.57. The predicted molar refractivity (Wildman–Crippen MR) is 66.5 cm³/mol. The van der Waals surface area contributed by atoms with Gasteiger partial charge in [-0.25, -0.2) is 0 Å². The summed E-state index contributed by atoms with van der Waals surface area (Å²) in [5, 5.41) is 2.82. The first kappa shape index (κ1) is 11.3. The molecule has 0 unspecified atom stereocenters. The van der Waals surface area contributed by atoms with Gasteiger partial charge in [0, 0.05) is 17.6 Å². The fourth-order valence-corrected chi connectivity index (χ4v) is 1.57. The van der Waals surface area contributed by atoms with Gasteiger partial charge in [-0.2, -0.15) is 0 Å². The third kappa shape index (κ3) is 2.47. The summed E-state index contributed by atoms with van der Waals surface area (Å²) in [5.74, 6) is 0.648. The number of carbonyl (C=O) groups excluding carboxylic acids is 1. The van der Waals surface area contributed by atoms with Gasteiger partial charge in [0.1, 0.15) is 5.75 Å². The first-order valence-electron chi connectivity index (χ1n) is 5.30. The van der Waals surface area contributed by atoms with E-state index in [2.05, 4.69) is 10.3 Å². The molecule has 2 aromatic rings. The summed E-state index contributed by atoms with van der Waals surface area (Å²) in [5.41, 5.74) is 2.26. The van der Waals surface area contributed by atoms with Gasteiger partial charge in [0.2, 0.25) is 0 Å². The van der Waals surface area contributed by atoms with Crippen LogP contribution in [0.1, 0.15) is 16.1 Å². The van der Waals surface area contributed by atoms with Crippen LogP contribution in [0.25, 0.3) is 0 Å². The topological polar surface area (TPSA) is 54.1 Å². The minimum atomic E-state index is -0.117.